The Hall–Kier alpha value is -2.64. The summed E-state index contributed by atoms with van der Waals surface area (Å²) in [5, 5.41) is 2.03. The van der Waals surface area contributed by atoms with Crippen molar-refractivity contribution < 1.29 is 23.7 Å². The van der Waals surface area contributed by atoms with Crippen molar-refractivity contribution in [3.05, 3.63) is 58.3 Å². The molecule has 160 valence electrons. The number of carbonyl (C=O) groups excluding carboxylic acids is 1. The zero-order chi connectivity index (χ0) is 21.5. The summed E-state index contributed by atoms with van der Waals surface area (Å²) in [5.41, 5.74) is 2.96. The summed E-state index contributed by atoms with van der Waals surface area (Å²) >= 11 is 1.61. The van der Waals surface area contributed by atoms with Crippen molar-refractivity contribution in [2.45, 2.75) is 59.7 Å². The summed E-state index contributed by atoms with van der Waals surface area (Å²) in [4.78, 5) is 27.1. The Labute approximate surface area is 180 Å². The Morgan fingerprint density at radius 1 is 1.20 bits per heavy atom. The first kappa shape index (κ1) is 22.1. The number of thiophene rings is 1. The molecule has 30 heavy (non-hydrogen) atoms. The monoisotopic (exact) mass is 429 g/mol. The van der Waals surface area contributed by atoms with E-state index in [1.165, 1.54) is 0 Å². The van der Waals surface area contributed by atoms with Crippen LogP contribution in [0, 0.1) is 13.8 Å². The van der Waals surface area contributed by atoms with E-state index < -0.39 is 0 Å². The zero-order valence-electron chi connectivity index (χ0n) is 17.8. The highest BCUT2D eigenvalue weighted by Crippen LogP contribution is 2.30. The zero-order valence-corrected chi connectivity index (χ0v) is 18.6. The van der Waals surface area contributed by atoms with Crippen LogP contribution in [0.4, 0.5) is 0 Å². The molecule has 0 amide bonds. The average Bonchev–Trinajstić information content (AvgIpc) is 3.34. The molecule has 1 unspecified atom stereocenters. The lowest BCUT2D eigenvalue weighted by Crippen LogP contribution is -2.13. The third-order valence-electron chi connectivity index (χ3n) is 4.75. The highest BCUT2D eigenvalue weighted by atomic mass is 32.1. The van der Waals surface area contributed by atoms with Crippen molar-refractivity contribution in [2.24, 2.45) is 0 Å². The van der Waals surface area contributed by atoms with Crippen molar-refractivity contribution in [3.63, 3.8) is 0 Å². The van der Waals surface area contributed by atoms with Crippen molar-refractivity contribution in [2.75, 3.05) is 0 Å². The van der Waals surface area contributed by atoms with Crippen LogP contribution in [0.15, 0.2) is 40.1 Å². The van der Waals surface area contributed by atoms with Gasteiger partial charge in [0.2, 0.25) is 5.89 Å². The molecule has 0 spiro atoms. The molecule has 1 aromatic carbocycles. The number of carbonyl (C=O) groups is 1. The average molecular weight is 430 g/mol. The smallest absolute Gasteiger partial charge is 0.342 e. The first-order valence-corrected chi connectivity index (χ1v) is 10.9. The van der Waals surface area contributed by atoms with Crippen LogP contribution in [-0.2, 0) is 27.6 Å². The minimum Gasteiger partial charge on any atom is -0.487 e. The van der Waals surface area contributed by atoms with Gasteiger partial charge >= 0.3 is 5.97 Å². The predicted octanol–water partition coefficient (Wildman–Crippen LogP) is 5.80. The molecule has 7 heteroatoms. The number of nitrogens with zero attached hydrogens (tertiary/aromatic N) is 1. The number of benzene rings is 1. The molecule has 3 rings (SSSR count). The highest BCUT2D eigenvalue weighted by molar-refractivity contribution is 7.13. The first-order chi connectivity index (χ1) is 14.5. The van der Waals surface area contributed by atoms with Crippen LogP contribution in [0.5, 0.6) is 5.75 Å². The van der Waals surface area contributed by atoms with Gasteiger partial charge in [0.05, 0.1) is 11.3 Å². The second kappa shape index (κ2) is 10.4. The SMILES string of the molecule is CCC(C)OOC(=O)CCc1ccc(OCc2nc(-c3sccc3C)oc2C)cc1. The Balaban J connectivity index is 1.49. The molecule has 2 heterocycles. The van der Waals surface area contributed by atoms with Gasteiger partial charge in [0, 0.05) is 0 Å². The van der Waals surface area contributed by atoms with Crippen molar-refractivity contribution in [1.82, 2.24) is 4.98 Å². The molecule has 0 aliphatic rings. The Bertz CT molecular complexity index is 960. The van der Waals surface area contributed by atoms with Crippen LogP contribution in [0.3, 0.4) is 0 Å². The van der Waals surface area contributed by atoms with Crippen LogP contribution < -0.4 is 4.74 Å². The minimum atomic E-state index is -0.367. The maximum absolute atomic E-state index is 11.7. The summed E-state index contributed by atoms with van der Waals surface area (Å²) in [7, 11) is 0. The Morgan fingerprint density at radius 2 is 1.97 bits per heavy atom. The third kappa shape index (κ3) is 5.93. The van der Waals surface area contributed by atoms with E-state index in [9.17, 15) is 4.79 Å². The quantitative estimate of drug-likeness (QED) is 0.299. The fourth-order valence-electron chi connectivity index (χ4n) is 2.65. The second-order valence-corrected chi connectivity index (χ2v) is 8.07. The van der Waals surface area contributed by atoms with Crippen LogP contribution in [0.2, 0.25) is 0 Å². The number of rotatable bonds is 10. The maximum Gasteiger partial charge on any atom is 0.342 e. The third-order valence-corrected chi connectivity index (χ3v) is 5.75. The standard InChI is InChI=1S/C23H27NO5S/c1-5-16(3)28-29-21(25)11-8-18-6-9-19(10-7-18)26-14-20-17(4)27-23(24-20)22-15(2)12-13-30-22/h6-7,9-10,12-13,16H,5,8,11,14H2,1-4H3. The van der Waals surface area contributed by atoms with Crippen LogP contribution in [-0.4, -0.2) is 17.1 Å². The highest BCUT2D eigenvalue weighted by Gasteiger charge is 2.15. The molecule has 0 saturated carbocycles. The fraction of sp³-hybridized carbons (Fsp3) is 0.391. The first-order valence-electron chi connectivity index (χ1n) is 10.0. The van der Waals surface area contributed by atoms with E-state index in [1.54, 1.807) is 11.3 Å². The summed E-state index contributed by atoms with van der Waals surface area (Å²) in [6.45, 7) is 8.09. The summed E-state index contributed by atoms with van der Waals surface area (Å²) < 4.78 is 11.7. The van der Waals surface area contributed by atoms with Gasteiger partial charge in [-0.05, 0) is 68.3 Å². The maximum atomic E-state index is 11.7. The number of hydrogen-bond acceptors (Lipinski definition) is 7. The van der Waals surface area contributed by atoms with E-state index in [1.807, 2.05) is 57.3 Å². The Morgan fingerprint density at radius 3 is 2.63 bits per heavy atom. The minimum absolute atomic E-state index is 0.0934. The number of aryl methyl sites for hydroxylation is 3. The van der Waals surface area contributed by atoms with Gasteiger partial charge < -0.3 is 9.15 Å². The van der Waals surface area contributed by atoms with Gasteiger partial charge in [-0.1, -0.05) is 19.1 Å². The van der Waals surface area contributed by atoms with Gasteiger partial charge in [-0.2, -0.15) is 4.89 Å². The largest absolute Gasteiger partial charge is 0.487 e. The number of oxazole rings is 1. The van der Waals surface area contributed by atoms with Crippen molar-refractivity contribution in [3.8, 4) is 16.5 Å². The van der Waals surface area contributed by atoms with Gasteiger partial charge in [0.15, 0.2) is 0 Å². The molecule has 0 N–H and O–H groups in total. The molecule has 1 atom stereocenters. The van der Waals surface area contributed by atoms with Crippen LogP contribution >= 0.6 is 11.3 Å². The van der Waals surface area contributed by atoms with Gasteiger partial charge in [-0.25, -0.2) is 9.78 Å². The van der Waals surface area contributed by atoms with E-state index in [0.29, 0.717) is 18.9 Å². The molecule has 0 bridgehead atoms. The normalized spacial score (nSPS) is 12.0. The fourth-order valence-corrected chi connectivity index (χ4v) is 3.50. The van der Waals surface area contributed by atoms with E-state index >= 15 is 0 Å². The molecule has 0 radical (unpaired) electrons. The molecule has 6 nitrogen and oxygen atoms in total. The second-order valence-electron chi connectivity index (χ2n) is 7.16. The van der Waals surface area contributed by atoms with E-state index in [2.05, 4.69) is 11.1 Å². The number of ether oxygens (including phenoxy) is 1. The molecule has 0 aliphatic heterocycles. The van der Waals surface area contributed by atoms with Crippen LogP contribution in [0.25, 0.3) is 10.8 Å². The van der Waals surface area contributed by atoms with Gasteiger partial charge in [0.1, 0.15) is 29.9 Å². The number of hydrogen-bond donors (Lipinski definition) is 0. The van der Waals surface area contributed by atoms with Crippen LogP contribution in [0.1, 0.15) is 49.3 Å². The lowest BCUT2D eigenvalue weighted by Gasteiger charge is -2.09. The number of aromatic nitrogens is 1. The molecule has 0 fully saturated rings. The van der Waals surface area contributed by atoms with Crippen molar-refractivity contribution >= 4 is 17.3 Å². The molecule has 0 aliphatic carbocycles. The molecule has 3 aromatic rings. The topological polar surface area (TPSA) is 70.8 Å². The Kier molecular flexibility index (Phi) is 7.65. The van der Waals surface area contributed by atoms with Gasteiger partial charge in [-0.15, -0.1) is 11.3 Å². The van der Waals surface area contributed by atoms with Gasteiger partial charge in [-0.3, -0.25) is 4.89 Å². The summed E-state index contributed by atoms with van der Waals surface area (Å²) in [6, 6.07) is 9.70. The van der Waals surface area contributed by atoms with E-state index in [4.69, 9.17) is 18.9 Å². The van der Waals surface area contributed by atoms with Crippen molar-refractivity contribution in [1.29, 1.82) is 0 Å². The molecule has 0 saturated heterocycles. The molecular weight excluding hydrogens is 402 g/mol. The molecule has 2 aromatic heterocycles. The van der Waals surface area contributed by atoms with E-state index in [0.717, 1.165) is 39.6 Å². The predicted molar refractivity (Wildman–Crippen MR) is 115 cm³/mol. The van der Waals surface area contributed by atoms with Gasteiger partial charge in [0.25, 0.3) is 0 Å². The van der Waals surface area contributed by atoms with E-state index in [-0.39, 0.29) is 18.5 Å². The summed E-state index contributed by atoms with van der Waals surface area (Å²) in [5.74, 6) is 1.76. The summed E-state index contributed by atoms with van der Waals surface area (Å²) in [6.07, 6.45) is 1.54. The lowest BCUT2D eigenvalue weighted by atomic mass is 10.1. The lowest BCUT2D eigenvalue weighted by molar-refractivity contribution is -0.294. The molecular formula is C23H27NO5S.